The molecule has 0 aliphatic rings. The van der Waals surface area contributed by atoms with Gasteiger partial charge in [0, 0.05) is 20.5 Å². The van der Waals surface area contributed by atoms with Crippen LogP contribution in [0.15, 0.2) is 0 Å². The summed E-state index contributed by atoms with van der Waals surface area (Å²) in [5.41, 5.74) is 8.05. The first-order valence-corrected chi connectivity index (χ1v) is 4.83. The molecular weight excluding hydrogens is 166 g/mol. The zero-order valence-electron chi connectivity index (χ0n) is 8.68. The zero-order chi connectivity index (χ0) is 10.1. The van der Waals surface area contributed by atoms with Crippen LogP contribution in [-0.4, -0.2) is 31.6 Å². The molecule has 13 heavy (non-hydrogen) atoms. The van der Waals surface area contributed by atoms with Crippen molar-refractivity contribution in [3.8, 4) is 0 Å². The molecule has 0 saturated carbocycles. The summed E-state index contributed by atoms with van der Waals surface area (Å²) in [7, 11) is 3.62. The molecule has 0 rings (SSSR count). The number of amides is 1. The van der Waals surface area contributed by atoms with Crippen LogP contribution < -0.4 is 11.2 Å². The van der Waals surface area contributed by atoms with Gasteiger partial charge in [-0.15, -0.1) is 0 Å². The monoisotopic (exact) mass is 187 g/mol. The van der Waals surface area contributed by atoms with Crippen LogP contribution in [0.1, 0.15) is 32.1 Å². The van der Waals surface area contributed by atoms with E-state index in [1.165, 1.54) is 0 Å². The second kappa shape index (κ2) is 8.01. The van der Waals surface area contributed by atoms with Crippen LogP contribution in [0, 0.1) is 0 Å². The van der Waals surface area contributed by atoms with Gasteiger partial charge in [0.1, 0.15) is 0 Å². The minimum absolute atomic E-state index is 0.0951. The lowest BCUT2D eigenvalue weighted by molar-refractivity contribution is -0.124. The molecule has 0 bridgehead atoms. The van der Waals surface area contributed by atoms with Gasteiger partial charge in [0.05, 0.1) is 0 Å². The number of nitrogens with two attached hydrogens (primary N) is 1. The SMILES string of the molecule is CN(C)NC(=O)CCCCCCN. The number of carbonyl (C=O) groups is 1. The van der Waals surface area contributed by atoms with E-state index in [1.54, 1.807) is 5.01 Å². The number of nitrogens with zero attached hydrogens (tertiary/aromatic N) is 1. The normalized spacial score (nSPS) is 10.5. The lowest BCUT2D eigenvalue weighted by Gasteiger charge is -2.11. The summed E-state index contributed by atoms with van der Waals surface area (Å²) >= 11 is 0. The maximum atomic E-state index is 11.1. The zero-order valence-corrected chi connectivity index (χ0v) is 8.68. The number of unbranched alkanes of at least 4 members (excludes halogenated alkanes) is 3. The third-order valence-electron chi connectivity index (χ3n) is 1.71. The van der Waals surface area contributed by atoms with Gasteiger partial charge in [-0.1, -0.05) is 12.8 Å². The Labute approximate surface area is 80.4 Å². The fourth-order valence-electron chi connectivity index (χ4n) is 1.09. The van der Waals surface area contributed by atoms with Crippen LogP contribution in [0.3, 0.4) is 0 Å². The van der Waals surface area contributed by atoms with Crippen LogP contribution in [0.25, 0.3) is 0 Å². The molecule has 78 valence electrons. The van der Waals surface area contributed by atoms with Crippen molar-refractivity contribution in [1.82, 2.24) is 10.4 Å². The second-order valence-corrected chi connectivity index (χ2v) is 3.38. The van der Waals surface area contributed by atoms with Crippen molar-refractivity contribution in [2.45, 2.75) is 32.1 Å². The third kappa shape index (κ3) is 9.30. The molecule has 0 aliphatic carbocycles. The van der Waals surface area contributed by atoms with E-state index >= 15 is 0 Å². The molecule has 0 unspecified atom stereocenters. The lowest BCUT2D eigenvalue weighted by Crippen LogP contribution is -2.35. The van der Waals surface area contributed by atoms with Gasteiger partial charge in [0.15, 0.2) is 0 Å². The molecule has 4 heteroatoms. The van der Waals surface area contributed by atoms with Gasteiger partial charge >= 0.3 is 0 Å². The van der Waals surface area contributed by atoms with E-state index in [4.69, 9.17) is 5.73 Å². The van der Waals surface area contributed by atoms with Crippen molar-refractivity contribution < 1.29 is 4.79 Å². The standard InChI is InChI=1S/C9H21N3O/c1-12(2)11-9(13)7-5-3-4-6-8-10/h3-8,10H2,1-2H3,(H,11,13). The maximum Gasteiger partial charge on any atom is 0.234 e. The Morgan fingerprint density at radius 2 is 1.85 bits per heavy atom. The van der Waals surface area contributed by atoms with Gasteiger partial charge in [-0.3, -0.25) is 10.2 Å². The predicted molar refractivity (Wildman–Crippen MR) is 54.0 cm³/mol. The molecule has 0 heterocycles. The minimum Gasteiger partial charge on any atom is -0.330 e. The number of carbonyl (C=O) groups excluding carboxylic acids is 1. The Balaban J connectivity index is 3.17. The van der Waals surface area contributed by atoms with Crippen molar-refractivity contribution in [2.75, 3.05) is 20.6 Å². The number of nitrogens with one attached hydrogen (secondary N) is 1. The molecule has 0 saturated heterocycles. The van der Waals surface area contributed by atoms with Gasteiger partial charge in [-0.2, -0.15) is 0 Å². The van der Waals surface area contributed by atoms with Crippen molar-refractivity contribution >= 4 is 5.91 Å². The van der Waals surface area contributed by atoms with Crippen LogP contribution in [-0.2, 0) is 4.79 Å². The topological polar surface area (TPSA) is 58.4 Å². The molecule has 0 radical (unpaired) electrons. The first kappa shape index (κ1) is 12.4. The molecule has 0 atom stereocenters. The van der Waals surface area contributed by atoms with Crippen LogP contribution >= 0.6 is 0 Å². The first-order valence-electron chi connectivity index (χ1n) is 4.83. The molecular formula is C9H21N3O. The Morgan fingerprint density at radius 3 is 2.38 bits per heavy atom. The summed E-state index contributed by atoms with van der Waals surface area (Å²) in [5, 5.41) is 1.67. The number of hydrazine groups is 1. The van der Waals surface area contributed by atoms with Gasteiger partial charge in [-0.05, 0) is 19.4 Å². The number of rotatable bonds is 7. The highest BCUT2D eigenvalue weighted by atomic mass is 16.2. The van der Waals surface area contributed by atoms with Gasteiger partial charge in [0.25, 0.3) is 0 Å². The summed E-state index contributed by atoms with van der Waals surface area (Å²) in [6, 6.07) is 0. The summed E-state index contributed by atoms with van der Waals surface area (Å²) in [6.07, 6.45) is 4.86. The van der Waals surface area contributed by atoms with E-state index in [0.29, 0.717) is 6.42 Å². The summed E-state index contributed by atoms with van der Waals surface area (Å²) < 4.78 is 0. The minimum atomic E-state index is 0.0951. The predicted octanol–water partition coefficient (Wildman–Crippen LogP) is 0.488. The highest BCUT2D eigenvalue weighted by Gasteiger charge is 2.00. The van der Waals surface area contributed by atoms with Crippen LogP contribution in [0.5, 0.6) is 0 Å². The van der Waals surface area contributed by atoms with E-state index in [-0.39, 0.29) is 5.91 Å². The van der Waals surface area contributed by atoms with Crippen molar-refractivity contribution in [1.29, 1.82) is 0 Å². The van der Waals surface area contributed by atoms with E-state index in [2.05, 4.69) is 5.43 Å². The molecule has 4 nitrogen and oxygen atoms in total. The Kier molecular flexibility index (Phi) is 7.63. The molecule has 0 aliphatic heterocycles. The van der Waals surface area contributed by atoms with E-state index < -0.39 is 0 Å². The molecule has 0 spiro atoms. The van der Waals surface area contributed by atoms with E-state index in [0.717, 1.165) is 32.2 Å². The molecule has 0 aromatic heterocycles. The number of hydrogen-bond acceptors (Lipinski definition) is 3. The first-order chi connectivity index (χ1) is 6.16. The maximum absolute atomic E-state index is 11.1. The van der Waals surface area contributed by atoms with Gasteiger partial charge < -0.3 is 5.73 Å². The smallest absolute Gasteiger partial charge is 0.234 e. The lowest BCUT2D eigenvalue weighted by atomic mass is 10.1. The fraction of sp³-hybridized carbons (Fsp3) is 0.889. The number of hydrogen-bond donors (Lipinski definition) is 2. The van der Waals surface area contributed by atoms with Crippen molar-refractivity contribution in [3.05, 3.63) is 0 Å². The molecule has 0 aromatic rings. The molecule has 0 aromatic carbocycles. The second-order valence-electron chi connectivity index (χ2n) is 3.38. The average molecular weight is 187 g/mol. The van der Waals surface area contributed by atoms with Crippen LogP contribution in [0.4, 0.5) is 0 Å². The fourth-order valence-corrected chi connectivity index (χ4v) is 1.09. The Morgan fingerprint density at radius 1 is 1.23 bits per heavy atom. The highest BCUT2D eigenvalue weighted by molar-refractivity contribution is 5.75. The Hall–Kier alpha value is -0.610. The molecule has 3 N–H and O–H groups in total. The average Bonchev–Trinajstić information content (AvgIpc) is 2.02. The quantitative estimate of drug-likeness (QED) is 0.450. The summed E-state index contributed by atoms with van der Waals surface area (Å²) in [6.45, 7) is 0.754. The Bertz CT molecular complexity index is 137. The van der Waals surface area contributed by atoms with E-state index in [9.17, 15) is 4.79 Å². The van der Waals surface area contributed by atoms with Crippen LogP contribution in [0.2, 0.25) is 0 Å². The summed E-state index contributed by atoms with van der Waals surface area (Å²) in [4.78, 5) is 11.1. The molecule has 0 fully saturated rings. The largest absolute Gasteiger partial charge is 0.330 e. The summed E-state index contributed by atoms with van der Waals surface area (Å²) in [5.74, 6) is 0.0951. The van der Waals surface area contributed by atoms with Gasteiger partial charge in [-0.25, -0.2) is 5.01 Å². The van der Waals surface area contributed by atoms with Crippen molar-refractivity contribution in [3.63, 3.8) is 0 Å². The highest BCUT2D eigenvalue weighted by Crippen LogP contribution is 2.01. The van der Waals surface area contributed by atoms with Crippen molar-refractivity contribution in [2.24, 2.45) is 5.73 Å². The van der Waals surface area contributed by atoms with Gasteiger partial charge in [0.2, 0.25) is 5.91 Å². The molecule has 1 amide bonds. The van der Waals surface area contributed by atoms with E-state index in [1.807, 2.05) is 14.1 Å². The third-order valence-corrected chi connectivity index (χ3v) is 1.71.